The lowest BCUT2D eigenvalue weighted by atomic mass is 10.0. The van der Waals surface area contributed by atoms with Crippen LogP contribution in [0.5, 0.6) is 0 Å². The van der Waals surface area contributed by atoms with Crippen LogP contribution in [0, 0.1) is 13.8 Å². The SMILES string of the molecule is CCn1nc(C)c(CN=C(NC(=O)c2ccccc2Cl)Nc2ccc(C(C)C)cc2)c1C. The molecule has 0 atom stereocenters. The smallest absolute Gasteiger partial charge is 0.259 e. The zero-order valence-electron chi connectivity index (χ0n) is 19.2. The third-order valence-corrected chi connectivity index (χ3v) is 5.75. The molecule has 0 saturated heterocycles. The molecule has 0 aliphatic heterocycles. The van der Waals surface area contributed by atoms with Crippen molar-refractivity contribution >= 4 is 29.2 Å². The fraction of sp³-hybridized carbons (Fsp3) is 0.320. The van der Waals surface area contributed by atoms with Crippen LogP contribution in [0.15, 0.2) is 53.5 Å². The molecule has 32 heavy (non-hydrogen) atoms. The van der Waals surface area contributed by atoms with E-state index in [1.807, 2.05) is 30.7 Å². The van der Waals surface area contributed by atoms with Gasteiger partial charge in [-0.05, 0) is 56.5 Å². The Labute approximate surface area is 194 Å². The summed E-state index contributed by atoms with van der Waals surface area (Å²) >= 11 is 6.21. The fourth-order valence-electron chi connectivity index (χ4n) is 3.45. The molecule has 3 aromatic rings. The van der Waals surface area contributed by atoms with Gasteiger partial charge >= 0.3 is 0 Å². The summed E-state index contributed by atoms with van der Waals surface area (Å²) in [5.74, 6) is 0.478. The zero-order valence-corrected chi connectivity index (χ0v) is 20.0. The molecule has 1 heterocycles. The first kappa shape index (κ1) is 23.5. The van der Waals surface area contributed by atoms with Crippen molar-refractivity contribution in [3.05, 3.63) is 81.6 Å². The number of guanidine groups is 1. The molecule has 0 unspecified atom stereocenters. The fourth-order valence-corrected chi connectivity index (χ4v) is 3.67. The van der Waals surface area contributed by atoms with Crippen molar-refractivity contribution in [2.75, 3.05) is 5.32 Å². The summed E-state index contributed by atoms with van der Waals surface area (Å²) in [6.45, 7) is 11.6. The molecule has 0 spiro atoms. The van der Waals surface area contributed by atoms with E-state index in [0.29, 0.717) is 29.0 Å². The van der Waals surface area contributed by atoms with Crippen LogP contribution in [-0.2, 0) is 13.1 Å². The summed E-state index contributed by atoms with van der Waals surface area (Å²) in [4.78, 5) is 17.6. The average Bonchev–Trinajstić information content (AvgIpc) is 3.05. The van der Waals surface area contributed by atoms with Gasteiger partial charge in [0.05, 0.1) is 22.8 Å². The molecule has 6 nitrogen and oxygen atoms in total. The van der Waals surface area contributed by atoms with Crippen molar-refractivity contribution < 1.29 is 4.79 Å². The molecule has 0 aliphatic carbocycles. The minimum Gasteiger partial charge on any atom is -0.326 e. The molecule has 7 heteroatoms. The van der Waals surface area contributed by atoms with Crippen molar-refractivity contribution in [2.24, 2.45) is 4.99 Å². The highest BCUT2D eigenvalue weighted by molar-refractivity contribution is 6.34. The number of aromatic nitrogens is 2. The molecule has 0 fully saturated rings. The van der Waals surface area contributed by atoms with Gasteiger partial charge in [-0.25, -0.2) is 4.99 Å². The van der Waals surface area contributed by atoms with Gasteiger partial charge in [0.15, 0.2) is 0 Å². The van der Waals surface area contributed by atoms with Gasteiger partial charge in [0.25, 0.3) is 5.91 Å². The van der Waals surface area contributed by atoms with Crippen molar-refractivity contribution in [3.63, 3.8) is 0 Å². The second-order valence-corrected chi connectivity index (χ2v) is 8.37. The standard InChI is InChI=1S/C25H30ClN5O/c1-6-31-18(5)22(17(4)30-31)15-27-25(28-20-13-11-19(12-14-20)16(2)3)29-24(32)21-9-7-8-10-23(21)26/h7-14,16H,6,15H2,1-5H3,(H2,27,28,29,32). The first-order chi connectivity index (χ1) is 15.3. The molecule has 168 valence electrons. The van der Waals surface area contributed by atoms with Crippen LogP contribution in [0.2, 0.25) is 5.02 Å². The van der Waals surface area contributed by atoms with Gasteiger partial charge in [0.1, 0.15) is 0 Å². The normalized spacial score (nSPS) is 11.7. The summed E-state index contributed by atoms with van der Waals surface area (Å²) in [6, 6.07) is 15.1. The van der Waals surface area contributed by atoms with Crippen molar-refractivity contribution in [1.29, 1.82) is 0 Å². The maximum Gasteiger partial charge on any atom is 0.259 e. The Balaban J connectivity index is 1.88. The summed E-state index contributed by atoms with van der Waals surface area (Å²) in [5, 5.41) is 11.1. The van der Waals surface area contributed by atoms with E-state index in [1.54, 1.807) is 24.3 Å². The maximum atomic E-state index is 12.9. The first-order valence-electron chi connectivity index (χ1n) is 10.8. The third-order valence-electron chi connectivity index (χ3n) is 5.42. The van der Waals surface area contributed by atoms with Gasteiger partial charge in [-0.3, -0.25) is 14.8 Å². The largest absolute Gasteiger partial charge is 0.326 e. The molecule has 0 aliphatic rings. The van der Waals surface area contributed by atoms with Gasteiger partial charge in [0.2, 0.25) is 5.96 Å². The Morgan fingerprint density at radius 2 is 1.81 bits per heavy atom. The van der Waals surface area contributed by atoms with Gasteiger partial charge in [-0.15, -0.1) is 0 Å². The van der Waals surface area contributed by atoms with E-state index in [-0.39, 0.29) is 5.91 Å². The predicted molar refractivity (Wildman–Crippen MR) is 132 cm³/mol. The monoisotopic (exact) mass is 451 g/mol. The lowest BCUT2D eigenvalue weighted by molar-refractivity contribution is 0.0977. The quantitative estimate of drug-likeness (QED) is 0.373. The molecule has 0 bridgehead atoms. The number of nitrogens with zero attached hydrogens (tertiary/aromatic N) is 3. The molecular formula is C25H30ClN5O. The summed E-state index contributed by atoms with van der Waals surface area (Å²) in [7, 11) is 0. The summed E-state index contributed by atoms with van der Waals surface area (Å²) in [6.07, 6.45) is 0. The molecule has 2 N–H and O–H groups in total. The molecule has 2 aromatic carbocycles. The second kappa shape index (κ2) is 10.5. The number of halogens is 1. The molecule has 3 rings (SSSR count). The van der Waals surface area contributed by atoms with Crippen LogP contribution in [0.4, 0.5) is 5.69 Å². The Morgan fingerprint density at radius 3 is 2.41 bits per heavy atom. The Bertz CT molecular complexity index is 1120. The third kappa shape index (κ3) is 5.56. The van der Waals surface area contributed by atoms with Gasteiger partial charge in [-0.2, -0.15) is 5.10 Å². The van der Waals surface area contributed by atoms with Crippen molar-refractivity contribution in [2.45, 2.75) is 53.6 Å². The number of benzene rings is 2. The highest BCUT2D eigenvalue weighted by atomic mass is 35.5. The van der Waals surface area contributed by atoms with E-state index in [4.69, 9.17) is 11.6 Å². The van der Waals surface area contributed by atoms with Crippen molar-refractivity contribution in [3.8, 4) is 0 Å². The number of carbonyl (C=O) groups excluding carboxylic acids is 1. The number of rotatable bonds is 6. The van der Waals surface area contributed by atoms with Crippen molar-refractivity contribution in [1.82, 2.24) is 15.1 Å². The van der Waals surface area contributed by atoms with Crippen LogP contribution in [-0.4, -0.2) is 21.6 Å². The lowest BCUT2D eigenvalue weighted by Crippen LogP contribution is -2.36. The zero-order chi connectivity index (χ0) is 23.3. The number of aryl methyl sites for hydroxylation is 2. The second-order valence-electron chi connectivity index (χ2n) is 7.97. The highest BCUT2D eigenvalue weighted by Gasteiger charge is 2.14. The number of anilines is 1. The van der Waals surface area contributed by atoms with Gasteiger partial charge in [-0.1, -0.05) is 49.7 Å². The molecular weight excluding hydrogens is 422 g/mol. The molecule has 0 radical (unpaired) electrons. The first-order valence-corrected chi connectivity index (χ1v) is 11.2. The van der Waals surface area contributed by atoms with Crippen LogP contribution in [0.3, 0.4) is 0 Å². The maximum absolute atomic E-state index is 12.9. The summed E-state index contributed by atoms with van der Waals surface area (Å²) < 4.78 is 1.96. The lowest BCUT2D eigenvalue weighted by Gasteiger charge is -2.14. The minimum absolute atomic E-state index is 0.321. The van der Waals surface area contributed by atoms with E-state index in [2.05, 4.69) is 53.6 Å². The predicted octanol–water partition coefficient (Wildman–Crippen LogP) is 5.69. The highest BCUT2D eigenvalue weighted by Crippen LogP contribution is 2.19. The van der Waals surface area contributed by atoms with Gasteiger partial charge < -0.3 is 5.32 Å². The van der Waals surface area contributed by atoms with E-state index >= 15 is 0 Å². The van der Waals surface area contributed by atoms with Crippen LogP contribution < -0.4 is 10.6 Å². The Morgan fingerprint density at radius 1 is 1.12 bits per heavy atom. The topological polar surface area (TPSA) is 71.3 Å². The Hall–Kier alpha value is -3.12. The van der Waals surface area contributed by atoms with Crippen LogP contribution in [0.1, 0.15) is 59.6 Å². The van der Waals surface area contributed by atoms with E-state index in [9.17, 15) is 4.79 Å². The molecule has 1 aromatic heterocycles. The van der Waals surface area contributed by atoms with E-state index in [1.165, 1.54) is 5.56 Å². The molecule has 0 saturated carbocycles. The average molecular weight is 452 g/mol. The minimum atomic E-state index is -0.321. The number of nitrogens with one attached hydrogen (secondary N) is 2. The number of aliphatic imine (C=N–C) groups is 1. The van der Waals surface area contributed by atoms with E-state index < -0.39 is 0 Å². The molecule has 1 amide bonds. The van der Waals surface area contributed by atoms with E-state index in [0.717, 1.165) is 29.2 Å². The number of amides is 1. The number of carbonyl (C=O) groups is 1. The summed E-state index contributed by atoms with van der Waals surface area (Å²) in [5.41, 5.74) is 5.54. The van der Waals surface area contributed by atoms with Crippen LogP contribution in [0.25, 0.3) is 0 Å². The number of hydrogen-bond acceptors (Lipinski definition) is 3. The Kier molecular flexibility index (Phi) is 7.70. The van der Waals surface area contributed by atoms with Gasteiger partial charge in [0, 0.05) is 23.5 Å². The number of hydrogen-bond donors (Lipinski definition) is 2. The van der Waals surface area contributed by atoms with Crippen LogP contribution >= 0.6 is 11.6 Å².